The molecular weight excluding hydrogens is 284 g/mol. The van der Waals surface area contributed by atoms with Crippen molar-refractivity contribution in [3.63, 3.8) is 0 Å². The molecule has 7 heteroatoms. The predicted molar refractivity (Wildman–Crippen MR) is 64.4 cm³/mol. The van der Waals surface area contributed by atoms with Crippen LogP contribution in [0.1, 0.15) is 13.8 Å². The molecule has 0 spiro atoms. The standard InChI is InChI=1S/C8H19BrN2O3S/c1-4-11(5-2)15(12,13)10-8(6-9)7-14-3/h8,10H,4-7H2,1-3H3. The summed E-state index contributed by atoms with van der Waals surface area (Å²) in [6.07, 6.45) is 0. The highest BCUT2D eigenvalue weighted by atomic mass is 79.9. The van der Waals surface area contributed by atoms with Gasteiger partial charge in [-0.2, -0.15) is 17.4 Å². The Labute approximate surface area is 100 Å². The molecule has 0 amide bonds. The summed E-state index contributed by atoms with van der Waals surface area (Å²) in [5.41, 5.74) is 0. The van der Waals surface area contributed by atoms with Crippen LogP contribution in [-0.2, 0) is 14.9 Å². The third kappa shape index (κ3) is 5.26. The van der Waals surface area contributed by atoms with Crippen molar-refractivity contribution >= 4 is 26.1 Å². The van der Waals surface area contributed by atoms with Crippen molar-refractivity contribution in [3.05, 3.63) is 0 Å². The molecule has 0 fully saturated rings. The molecule has 5 nitrogen and oxygen atoms in total. The van der Waals surface area contributed by atoms with E-state index in [0.717, 1.165) is 0 Å². The maximum atomic E-state index is 11.8. The van der Waals surface area contributed by atoms with Crippen LogP contribution in [0.3, 0.4) is 0 Å². The van der Waals surface area contributed by atoms with Crippen LogP contribution in [0.2, 0.25) is 0 Å². The fourth-order valence-electron chi connectivity index (χ4n) is 1.16. The monoisotopic (exact) mass is 302 g/mol. The number of nitrogens with one attached hydrogen (secondary N) is 1. The summed E-state index contributed by atoms with van der Waals surface area (Å²) in [6.45, 7) is 4.90. The number of alkyl halides is 1. The Morgan fingerprint density at radius 3 is 2.27 bits per heavy atom. The molecule has 0 saturated heterocycles. The van der Waals surface area contributed by atoms with Crippen molar-refractivity contribution < 1.29 is 13.2 Å². The molecule has 0 aliphatic rings. The van der Waals surface area contributed by atoms with Gasteiger partial charge in [0.05, 0.1) is 12.6 Å². The Kier molecular flexibility index (Phi) is 7.72. The van der Waals surface area contributed by atoms with E-state index >= 15 is 0 Å². The topological polar surface area (TPSA) is 58.6 Å². The molecule has 0 heterocycles. The Morgan fingerprint density at radius 2 is 1.93 bits per heavy atom. The minimum atomic E-state index is -3.38. The molecular formula is C8H19BrN2O3S. The van der Waals surface area contributed by atoms with E-state index in [0.29, 0.717) is 25.0 Å². The summed E-state index contributed by atoms with van der Waals surface area (Å²) in [7, 11) is -1.84. The van der Waals surface area contributed by atoms with Crippen molar-refractivity contribution in [2.24, 2.45) is 0 Å². The Balaban J connectivity index is 4.46. The van der Waals surface area contributed by atoms with Crippen molar-refractivity contribution in [3.8, 4) is 0 Å². The second-order valence-corrected chi connectivity index (χ2v) is 5.36. The lowest BCUT2D eigenvalue weighted by molar-refractivity contribution is 0.181. The average Bonchev–Trinajstić information content (AvgIpc) is 2.18. The van der Waals surface area contributed by atoms with Gasteiger partial charge >= 0.3 is 0 Å². The summed E-state index contributed by atoms with van der Waals surface area (Å²) in [4.78, 5) is 0. The van der Waals surface area contributed by atoms with Crippen LogP contribution in [0.15, 0.2) is 0 Å². The van der Waals surface area contributed by atoms with Gasteiger partial charge in [0.25, 0.3) is 10.2 Å². The normalized spacial score (nSPS) is 14.5. The number of methoxy groups -OCH3 is 1. The zero-order valence-corrected chi connectivity index (χ0v) is 11.8. The SMILES string of the molecule is CCN(CC)S(=O)(=O)NC(CBr)COC. The minimum Gasteiger partial charge on any atom is -0.383 e. The summed E-state index contributed by atoms with van der Waals surface area (Å²) in [5, 5.41) is 0.529. The summed E-state index contributed by atoms with van der Waals surface area (Å²) < 4.78 is 32.4. The van der Waals surface area contributed by atoms with Crippen LogP contribution < -0.4 is 4.72 Å². The fourth-order valence-corrected chi connectivity index (χ4v) is 3.12. The molecule has 1 atom stereocenters. The molecule has 92 valence electrons. The van der Waals surface area contributed by atoms with Gasteiger partial charge in [0, 0.05) is 25.5 Å². The summed E-state index contributed by atoms with van der Waals surface area (Å²) in [5.74, 6) is 0. The number of nitrogens with zero attached hydrogens (tertiary/aromatic N) is 1. The van der Waals surface area contributed by atoms with Crippen LogP contribution in [0.25, 0.3) is 0 Å². The van der Waals surface area contributed by atoms with E-state index in [1.54, 1.807) is 7.11 Å². The van der Waals surface area contributed by atoms with Gasteiger partial charge in [-0.15, -0.1) is 0 Å². The van der Waals surface area contributed by atoms with Crippen LogP contribution in [0.5, 0.6) is 0 Å². The van der Waals surface area contributed by atoms with Gasteiger partial charge in [-0.3, -0.25) is 0 Å². The van der Waals surface area contributed by atoms with Crippen LogP contribution in [-0.4, -0.2) is 50.9 Å². The summed E-state index contributed by atoms with van der Waals surface area (Å²) >= 11 is 3.24. The molecule has 0 bridgehead atoms. The van der Waals surface area contributed by atoms with Gasteiger partial charge in [0.1, 0.15) is 0 Å². The maximum absolute atomic E-state index is 11.8. The van der Waals surface area contributed by atoms with E-state index in [2.05, 4.69) is 20.7 Å². The first-order chi connectivity index (χ1) is 7.01. The Bertz CT molecular complexity index is 255. The zero-order chi connectivity index (χ0) is 11.9. The molecule has 0 aromatic heterocycles. The molecule has 0 radical (unpaired) electrons. The molecule has 0 aromatic rings. The molecule has 0 aliphatic heterocycles. The molecule has 1 unspecified atom stereocenters. The van der Waals surface area contributed by atoms with Crippen LogP contribution >= 0.6 is 15.9 Å². The first-order valence-electron chi connectivity index (χ1n) is 4.84. The Morgan fingerprint density at radius 1 is 1.40 bits per heavy atom. The van der Waals surface area contributed by atoms with E-state index in [9.17, 15) is 8.42 Å². The zero-order valence-electron chi connectivity index (χ0n) is 9.36. The largest absolute Gasteiger partial charge is 0.383 e. The van der Waals surface area contributed by atoms with Crippen molar-refractivity contribution in [1.82, 2.24) is 9.03 Å². The van der Waals surface area contributed by atoms with E-state index in [1.807, 2.05) is 13.8 Å². The van der Waals surface area contributed by atoms with Crippen LogP contribution in [0.4, 0.5) is 0 Å². The van der Waals surface area contributed by atoms with E-state index in [1.165, 1.54) is 4.31 Å². The first kappa shape index (κ1) is 15.3. The van der Waals surface area contributed by atoms with E-state index in [-0.39, 0.29) is 6.04 Å². The number of rotatable bonds is 8. The van der Waals surface area contributed by atoms with Gasteiger partial charge < -0.3 is 4.74 Å². The lowest BCUT2D eigenvalue weighted by Gasteiger charge is -2.22. The second-order valence-electron chi connectivity index (χ2n) is 3.01. The highest BCUT2D eigenvalue weighted by molar-refractivity contribution is 9.09. The molecule has 0 aromatic carbocycles. The highest BCUT2D eigenvalue weighted by Gasteiger charge is 2.22. The number of ether oxygens (including phenoxy) is 1. The van der Waals surface area contributed by atoms with Crippen molar-refractivity contribution in [1.29, 1.82) is 0 Å². The summed E-state index contributed by atoms with van der Waals surface area (Å²) in [6, 6.07) is -0.236. The molecule has 0 rings (SSSR count). The fraction of sp³-hybridized carbons (Fsp3) is 1.00. The van der Waals surface area contributed by atoms with Gasteiger partial charge in [-0.25, -0.2) is 0 Å². The van der Waals surface area contributed by atoms with Crippen molar-refractivity contribution in [2.45, 2.75) is 19.9 Å². The lowest BCUT2D eigenvalue weighted by atomic mass is 10.4. The number of halogens is 1. The lowest BCUT2D eigenvalue weighted by Crippen LogP contribution is -2.47. The van der Waals surface area contributed by atoms with Crippen LogP contribution in [0, 0.1) is 0 Å². The molecule has 1 N–H and O–H groups in total. The Hall–Kier alpha value is 0.310. The van der Waals surface area contributed by atoms with Gasteiger partial charge in [-0.05, 0) is 0 Å². The number of hydrogen-bond donors (Lipinski definition) is 1. The van der Waals surface area contributed by atoms with E-state index < -0.39 is 10.2 Å². The average molecular weight is 303 g/mol. The smallest absolute Gasteiger partial charge is 0.279 e. The van der Waals surface area contributed by atoms with Gasteiger partial charge in [0.15, 0.2) is 0 Å². The number of hydrogen-bond acceptors (Lipinski definition) is 3. The molecule has 15 heavy (non-hydrogen) atoms. The third-order valence-corrected chi connectivity index (χ3v) is 4.52. The van der Waals surface area contributed by atoms with Gasteiger partial charge in [-0.1, -0.05) is 29.8 Å². The van der Waals surface area contributed by atoms with Gasteiger partial charge in [0.2, 0.25) is 0 Å². The quantitative estimate of drug-likeness (QED) is 0.667. The van der Waals surface area contributed by atoms with Crippen molar-refractivity contribution in [2.75, 3.05) is 32.1 Å². The molecule has 0 aliphatic carbocycles. The second kappa shape index (κ2) is 7.56. The third-order valence-electron chi connectivity index (χ3n) is 1.92. The highest BCUT2D eigenvalue weighted by Crippen LogP contribution is 2.01. The predicted octanol–water partition coefficient (Wildman–Crippen LogP) is 0.573. The minimum absolute atomic E-state index is 0.236. The van der Waals surface area contributed by atoms with E-state index in [4.69, 9.17) is 4.74 Å². The molecule has 0 saturated carbocycles. The first-order valence-corrected chi connectivity index (χ1v) is 7.40. The maximum Gasteiger partial charge on any atom is 0.279 e.